The summed E-state index contributed by atoms with van der Waals surface area (Å²) in [7, 11) is 0. The third-order valence-electron chi connectivity index (χ3n) is 2.81. The molecule has 0 aliphatic rings. The summed E-state index contributed by atoms with van der Waals surface area (Å²) < 4.78 is 128. The van der Waals surface area contributed by atoms with E-state index in [1.54, 1.807) is 0 Å². The first-order valence-corrected chi connectivity index (χ1v) is 6.14. The molecule has 8 atom stereocenters. The summed E-state index contributed by atoms with van der Waals surface area (Å²) in [6, 6.07) is 0. The van der Waals surface area contributed by atoms with Gasteiger partial charge in [-0.05, 0) is 6.08 Å². The SMILES string of the molecule is FC=CC(F)C(F)C(F)C(F)C(F)C(F)C(F)C(F)CCF. The van der Waals surface area contributed by atoms with E-state index in [0.717, 1.165) is 0 Å². The third-order valence-corrected chi connectivity index (χ3v) is 2.81. The molecule has 0 spiro atoms. The first-order chi connectivity index (χ1) is 10.2. The van der Waals surface area contributed by atoms with Crippen molar-refractivity contribution in [3.63, 3.8) is 0 Å². The Morgan fingerprint density at radius 2 is 1.05 bits per heavy atom. The topological polar surface area (TPSA) is 0 Å². The van der Waals surface area contributed by atoms with Crippen molar-refractivity contribution in [3.8, 4) is 0 Å². The number of halogens is 10. The molecule has 0 aliphatic carbocycles. The van der Waals surface area contributed by atoms with Gasteiger partial charge in [0.1, 0.15) is 6.17 Å². The molecule has 0 saturated carbocycles. The van der Waals surface area contributed by atoms with Crippen LogP contribution >= 0.6 is 0 Å². The third kappa shape index (κ3) is 5.68. The second kappa shape index (κ2) is 9.94. The van der Waals surface area contributed by atoms with Crippen LogP contribution in [0.4, 0.5) is 43.9 Å². The monoisotopic (exact) mass is 348 g/mol. The minimum absolute atomic E-state index is 0.138. The van der Waals surface area contributed by atoms with Crippen molar-refractivity contribution in [2.45, 2.75) is 55.8 Å². The fourth-order valence-electron chi connectivity index (χ4n) is 1.52. The predicted molar refractivity (Wildman–Crippen MR) is 60.0 cm³/mol. The lowest BCUT2D eigenvalue weighted by Gasteiger charge is -2.25. The average molecular weight is 348 g/mol. The molecular weight excluding hydrogens is 334 g/mol. The van der Waals surface area contributed by atoms with E-state index in [1.165, 1.54) is 0 Å². The summed E-state index contributed by atoms with van der Waals surface area (Å²) in [5.41, 5.74) is 0. The molecule has 0 rings (SSSR count). The maximum atomic E-state index is 13.2. The molecule has 0 radical (unpaired) electrons. The zero-order chi connectivity index (χ0) is 17.4. The highest BCUT2D eigenvalue weighted by Crippen LogP contribution is 2.28. The lowest BCUT2D eigenvalue weighted by atomic mass is 9.97. The van der Waals surface area contributed by atoms with Gasteiger partial charge in [-0.25, -0.2) is 39.5 Å². The molecule has 22 heavy (non-hydrogen) atoms. The van der Waals surface area contributed by atoms with E-state index in [-0.39, 0.29) is 6.08 Å². The minimum atomic E-state index is -3.66. The molecule has 0 saturated heterocycles. The average Bonchev–Trinajstić information content (AvgIpc) is 2.50. The zero-order valence-corrected chi connectivity index (χ0v) is 11.0. The van der Waals surface area contributed by atoms with Gasteiger partial charge in [-0.2, -0.15) is 0 Å². The van der Waals surface area contributed by atoms with Crippen LogP contribution in [0.15, 0.2) is 12.4 Å². The van der Waals surface area contributed by atoms with Gasteiger partial charge >= 0.3 is 0 Å². The van der Waals surface area contributed by atoms with E-state index in [2.05, 4.69) is 0 Å². The van der Waals surface area contributed by atoms with E-state index in [1.807, 2.05) is 0 Å². The van der Waals surface area contributed by atoms with Crippen molar-refractivity contribution in [1.29, 1.82) is 0 Å². The van der Waals surface area contributed by atoms with Gasteiger partial charge in [-0.1, -0.05) is 0 Å². The summed E-state index contributed by atoms with van der Waals surface area (Å²) in [4.78, 5) is 0. The van der Waals surface area contributed by atoms with E-state index >= 15 is 0 Å². The lowest BCUT2D eigenvalue weighted by Crippen LogP contribution is -2.46. The minimum Gasteiger partial charge on any atom is -0.251 e. The van der Waals surface area contributed by atoms with Gasteiger partial charge in [0.15, 0.2) is 43.2 Å². The maximum absolute atomic E-state index is 13.2. The van der Waals surface area contributed by atoms with Gasteiger partial charge in [0.25, 0.3) is 0 Å². The number of hydrogen-bond donors (Lipinski definition) is 0. The van der Waals surface area contributed by atoms with Crippen LogP contribution in [-0.2, 0) is 0 Å². The van der Waals surface area contributed by atoms with Crippen LogP contribution in [0.5, 0.6) is 0 Å². The smallest absolute Gasteiger partial charge is 0.169 e. The number of hydrogen-bond acceptors (Lipinski definition) is 0. The predicted octanol–water partition coefficient (Wildman–Crippen LogP) is 4.53. The van der Waals surface area contributed by atoms with Gasteiger partial charge in [0, 0.05) is 6.42 Å². The Morgan fingerprint density at radius 3 is 1.45 bits per heavy atom. The van der Waals surface area contributed by atoms with Crippen LogP contribution in [0.3, 0.4) is 0 Å². The molecule has 0 aromatic rings. The highest BCUT2D eigenvalue weighted by molar-refractivity contribution is 4.97. The van der Waals surface area contributed by atoms with E-state index < -0.39 is 68.8 Å². The molecule has 0 aliphatic heterocycles. The summed E-state index contributed by atoms with van der Waals surface area (Å²) in [5, 5.41) is 0. The molecular formula is C12H14F10. The van der Waals surface area contributed by atoms with Crippen LogP contribution < -0.4 is 0 Å². The Balaban J connectivity index is 4.78. The number of alkyl halides is 9. The second-order valence-electron chi connectivity index (χ2n) is 4.42. The van der Waals surface area contributed by atoms with Gasteiger partial charge in [-0.3, -0.25) is 4.39 Å². The summed E-state index contributed by atoms with van der Waals surface area (Å²) in [6.45, 7) is -1.40. The molecule has 8 unspecified atom stereocenters. The van der Waals surface area contributed by atoms with Gasteiger partial charge < -0.3 is 0 Å². The van der Waals surface area contributed by atoms with E-state index in [4.69, 9.17) is 0 Å². The molecule has 132 valence electrons. The highest BCUT2D eigenvalue weighted by atomic mass is 19.2. The van der Waals surface area contributed by atoms with Gasteiger partial charge in [0.05, 0.1) is 13.0 Å². The van der Waals surface area contributed by atoms with Crippen LogP contribution in [0.2, 0.25) is 0 Å². The van der Waals surface area contributed by atoms with Gasteiger partial charge in [-0.15, -0.1) is 0 Å². The van der Waals surface area contributed by atoms with Crippen molar-refractivity contribution in [3.05, 3.63) is 12.4 Å². The molecule has 0 nitrogen and oxygen atoms in total. The van der Waals surface area contributed by atoms with E-state index in [9.17, 15) is 43.9 Å². The van der Waals surface area contributed by atoms with Crippen LogP contribution in [0, 0.1) is 0 Å². The Labute approximate surface area is 120 Å². The van der Waals surface area contributed by atoms with Crippen LogP contribution in [-0.4, -0.2) is 56.0 Å². The molecule has 10 heteroatoms. The standard InChI is InChI=1S/C12H14F10/c13-3-1-5(15)7(17)9(19)11(21)12(22)10(20)8(18)6(16)2-4-14/h1,3,5-12H,2,4H2. The maximum Gasteiger partial charge on any atom is 0.169 e. The lowest BCUT2D eigenvalue weighted by molar-refractivity contribution is -0.0433. The largest absolute Gasteiger partial charge is 0.251 e. The van der Waals surface area contributed by atoms with Crippen molar-refractivity contribution in [2.24, 2.45) is 0 Å². The first-order valence-electron chi connectivity index (χ1n) is 6.14. The van der Waals surface area contributed by atoms with E-state index in [0.29, 0.717) is 0 Å². The Bertz CT molecular complexity index is 325. The van der Waals surface area contributed by atoms with Gasteiger partial charge in [0.2, 0.25) is 0 Å². The molecule has 0 aromatic heterocycles. The Hall–Kier alpha value is -0.960. The zero-order valence-electron chi connectivity index (χ0n) is 11.0. The van der Waals surface area contributed by atoms with Crippen LogP contribution in [0.25, 0.3) is 0 Å². The molecule has 0 amide bonds. The quantitative estimate of drug-likeness (QED) is 0.509. The second-order valence-corrected chi connectivity index (χ2v) is 4.42. The molecule has 0 bridgehead atoms. The molecule has 0 fully saturated rings. The van der Waals surface area contributed by atoms with Crippen molar-refractivity contribution in [1.82, 2.24) is 0 Å². The van der Waals surface area contributed by atoms with Crippen molar-refractivity contribution < 1.29 is 43.9 Å². The van der Waals surface area contributed by atoms with Crippen molar-refractivity contribution >= 4 is 0 Å². The highest BCUT2D eigenvalue weighted by Gasteiger charge is 2.46. The molecule has 0 heterocycles. The summed E-state index contributed by atoms with van der Waals surface area (Å²) >= 11 is 0. The molecule has 0 N–H and O–H groups in total. The van der Waals surface area contributed by atoms with Crippen molar-refractivity contribution in [2.75, 3.05) is 6.67 Å². The molecule has 0 aromatic carbocycles. The Morgan fingerprint density at radius 1 is 0.636 bits per heavy atom. The fourth-order valence-corrected chi connectivity index (χ4v) is 1.52. The first kappa shape index (κ1) is 21.0. The Kier molecular flexibility index (Phi) is 9.50. The fraction of sp³-hybridized carbons (Fsp3) is 0.833. The normalized spacial score (nSPS) is 23.5. The van der Waals surface area contributed by atoms with Crippen LogP contribution in [0.1, 0.15) is 6.42 Å². The summed E-state index contributed by atoms with van der Waals surface area (Å²) in [6.07, 6.45) is -28.7. The number of allylic oxidation sites excluding steroid dienone is 1. The number of rotatable bonds is 10. The summed E-state index contributed by atoms with van der Waals surface area (Å²) in [5.74, 6) is 0.